The Bertz CT molecular complexity index is 240. The number of rotatable bonds is 8. The highest BCUT2D eigenvalue weighted by atomic mass is 16.5. The highest BCUT2D eigenvalue weighted by molar-refractivity contribution is 5.83. The van der Waals surface area contributed by atoms with E-state index in [2.05, 4.69) is 20.8 Å². The molecule has 0 unspecified atom stereocenters. The van der Waals surface area contributed by atoms with Crippen molar-refractivity contribution in [1.29, 1.82) is 0 Å². The van der Waals surface area contributed by atoms with Crippen LogP contribution in [-0.4, -0.2) is 31.6 Å². The van der Waals surface area contributed by atoms with E-state index < -0.39 is 0 Å². The number of esters is 1. The zero-order chi connectivity index (χ0) is 13.3. The number of hydrogen-bond donors (Lipinski definition) is 0. The number of ketones is 1. The topological polar surface area (TPSA) is 52.6 Å². The summed E-state index contributed by atoms with van der Waals surface area (Å²) in [7, 11) is 0. The van der Waals surface area contributed by atoms with Gasteiger partial charge in [0.25, 0.3) is 0 Å². The number of carbonyl (C=O) groups is 2. The lowest BCUT2D eigenvalue weighted by Gasteiger charge is -2.17. The van der Waals surface area contributed by atoms with Crippen LogP contribution in [0.3, 0.4) is 0 Å². The first kappa shape index (κ1) is 16.1. The van der Waals surface area contributed by atoms with Gasteiger partial charge in [-0.05, 0) is 18.8 Å². The fourth-order valence-corrected chi connectivity index (χ4v) is 1.11. The van der Waals surface area contributed by atoms with Crippen molar-refractivity contribution in [2.45, 2.75) is 47.0 Å². The predicted octanol–water partition coefficient (Wildman–Crippen LogP) is 2.35. The van der Waals surface area contributed by atoms with Gasteiger partial charge in [0.05, 0.1) is 13.0 Å². The molecular formula is C13H24O4. The summed E-state index contributed by atoms with van der Waals surface area (Å²) in [5.74, 6) is -0.373. The van der Waals surface area contributed by atoms with Crippen molar-refractivity contribution in [2.75, 3.05) is 19.8 Å². The molecule has 0 N–H and O–H groups in total. The molecule has 4 nitrogen and oxygen atoms in total. The second-order valence-electron chi connectivity index (χ2n) is 5.21. The normalized spacial score (nSPS) is 11.3. The van der Waals surface area contributed by atoms with Gasteiger partial charge in [-0.25, -0.2) is 0 Å². The molecule has 0 spiro atoms. The Morgan fingerprint density at radius 3 is 2.29 bits per heavy atom. The maximum absolute atomic E-state index is 11.3. The summed E-state index contributed by atoms with van der Waals surface area (Å²) in [6.45, 7) is 9.14. The molecule has 0 rings (SSSR count). The third-order valence-corrected chi connectivity index (χ3v) is 2.17. The second-order valence-corrected chi connectivity index (χ2v) is 5.21. The van der Waals surface area contributed by atoms with E-state index >= 15 is 0 Å². The Kier molecular flexibility index (Phi) is 7.79. The van der Waals surface area contributed by atoms with Crippen LogP contribution in [0.25, 0.3) is 0 Å². The van der Waals surface area contributed by atoms with Gasteiger partial charge in [0, 0.05) is 13.0 Å². The zero-order valence-corrected chi connectivity index (χ0v) is 11.4. The molecule has 0 aliphatic rings. The lowest BCUT2D eigenvalue weighted by molar-refractivity contribution is -0.144. The summed E-state index contributed by atoms with van der Waals surface area (Å²) in [6.07, 6.45) is 1.27. The standard InChI is InChI=1S/C13H24O4/c1-5-17-12(15)7-6-11(14)10-16-9-8-13(2,3)4/h5-10H2,1-4H3. The van der Waals surface area contributed by atoms with E-state index in [4.69, 9.17) is 9.47 Å². The largest absolute Gasteiger partial charge is 0.466 e. The highest BCUT2D eigenvalue weighted by Gasteiger charge is 2.11. The van der Waals surface area contributed by atoms with Gasteiger partial charge in [-0.1, -0.05) is 20.8 Å². The molecule has 0 aromatic heterocycles. The minimum Gasteiger partial charge on any atom is -0.466 e. The van der Waals surface area contributed by atoms with Gasteiger partial charge < -0.3 is 9.47 Å². The molecule has 0 atom stereocenters. The molecule has 0 amide bonds. The molecule has 0 radical (unpaired) electrons. The molecule has 0 aromatic carbocycles. The lowest BCUT2D eigenvalue weighted by Crippen LogP contribution is -2.15. The minimum atomic E-state index is -0.324. The summed E-state index contributed by atoms with van der Waals surface area (Å²) in [4.78, 5) is 22.3. The first-order valence-corrected chi connectivity index (χ1v) is 6.10. The Labute approximate surface area is 104 Å². The average molecular weight is 244 g/mol. The molecule has 100 valence electrons. The van der Waals surface area contributed by atoms with E-state index in [1.807, 2.05) is 0 Å². The van der Waals surface area contributed by atoms with Crippen LogP contribution in [0.15, 0.2) is 0 Å². The van der Waals surface area contributed by atoms with E-state index in [0.29, 0.717) is 13.2 Å². The third-order valence-electron chi connectivity index (χ3n) is 2.17. The summed E-state index contributed by atoms with van der Waals surface area (Å²) in [5, 5.41) is 0. The molecule has 0 fully saturated rings. The van der Waals surface area contributed by atoms with Crippen LogP contribution in [0.1, 0.15) is 47.0 Å². The molecule has 0 aliphatic carbocycles. The predicted molar refractivity (Wildman–Crippen MR) is 65.8 cm³/mol. The van der Waals surface area contributed by atoms with Crippen LogP contribution in [0.4, 0.5) is 0 Å². The summed E-state index contributed by atoms with van der Waals surface area (Å²) >= 11 is 0. The molecular weight excluding hydrogens is 220 g/mol. The van der Waals surface area contributed by atoms with Gasteiger partial charge in [0.1, 0.15) is 6.61 Å². The highest BCUT2D eigenvalue weighted by Crippen LogP contribution is 2.17. The monoisotopic (exact) mass is 244 g/mol. The quantitative estimate of drug-likeness (QED) is 0.486. The van der Waals surface area contributed by atoms with Gasteiger partial charge in [-0.3, -0.25) is 9.59 Å². The molecule has 0 saturated carbocycles. The fraction of sp³-hybridized carbons (Fsp3) is 0.846. The molecule has 0 heterocycles. The van der Waals surface area contributed by atoms with Gasteiger partial charge >= 0.3 is 5.97 Å². The first-order chi connectivity index (χ1) is 7.85. The van der Waals surface area contributed by atoms with Gasteiger partial charge in [-0.2, -0.15) is 0 Å². The maximum atomic E-state index is 11.3. The van der Waals surface area contributed by atoms with Crippen molar-refractivity contribution < 1.29 is 19.1 Å². The van der Waals surface area contributed by atoms with E-state index in [0.717, 1.165) is 6.42 Å². The summed E-state index contributed by atoms with van der Waals surface area (Å²) < 4.78 is 9.99. The van der Waals surface area contributed by atoms with E-state index in [-0.39, 0.29) is 36.6 Å². The van der Waals surface area contributed by atoms with E-state index in [9.17, 15) is 9.59 Å². The number of Topliss-reactive ketones (excluding diaryl/α,β-unsaturated/α-hetero) is 1. The smallest absolute Gasteiger partial charge is 0.306 e. The van der Waals surface area contributed by atoms with Gasteiger partial charge in [-0.15, -0.1) is 0 Å². The number of hydrogen-bond acceptors (Lipinski definition) is 4. The summed E-state index contributed by atoms with van der Waals surface area (Å²) in [6, 6.07) is 0. The van der Waals surface area contributed by atoms with Crippen LogP contribution >= 0.6 is 0 Å². The zero-order valence-electron chi connectivity index (χ0n) is 11.4. The van der Waals surface area contributed by atoms with Gasteiger partial charge in [0.2, 0.25) is 0 Å². The number of ether oxygens (including phenoxy) is 2. The Morgan fingerprint density at radius 2 is 1.76 bits per heavy atom. The van der Waals surface area contributed by atoms with E-state index in [1.165, 1.54) is 0 Å². The van der Waals surface area contributed by atoms with Crippen molar-refractivity contribution >= 4 is 11.8 Å². The fourth-order valence-electron chi connectivity index (χ4n) is 1.11. The molecule has 0 bridgehead atoms. The second kappa shape index (κ2) is 8.23. The van der Waals surface area contributed by atoms with Crippen molar-refractivity contribution in [3.05, 3.63) is 0 Å². The number of carbonyl (C=O) groups excluding carboxylic acids is 2. The van der Waals surface area contributed by atoms with Crippen molar-refractivity contribution in [3.63, 3.8) is 0 Å². The van der Waals surface area contributed by atoms with Gasteiger partial charge in [0.15, 0.2) is 5.78 Å². The Hall–Kier alpha value is -0.900. The Morgan fingerprint density at radius 1 is 1.12 bits per heavy atom. The van der Waals surface area contributed by atoms with Crippen LogP contribution in [0.2, 0.25) is 0 Å². The lowest BCUT2D eigenvalue weighted by atomic mass is 9.93. The third kappa shape index (κ3) is 11.4. The molecule has 17 heavy (non-hydrogen) atoms. The van der Waals surface area contributed by atoms with Crippen molar-refractivity contribution in [1.82, 2.24) is 0 Å². The molecule has 4 heteroatoms. The van der Waals surface area contributed by atoms with Crippen LogP contribution in [-0.2, 0) is 19.1 Å². The first-order valence-electron chi connectivity index (χ1n) is 6.10. The van der Waals surface area contributed by atoms with Crippen LogP contribution in [0, 0.1) is 5.41 Å². The van der Waals surface area contributed by atoms with E-state index in [1.54, 1.807) is 6.92 Å². The molecule has 0 aromatic rings. The Balaban J connectivity index is 3.50. The summed E-state index contributed by atoms with van der Waals surface area (Å²) in [5.41, 5.74) is 0.216. The maximum Gasteiger partial charge on any atom is 0.306 e. The minimum absolute atomic E-state index is 0.0491. The van der Waals surface area contributed by atoms with Crippen LogP contribution < -0.4 is 0 Å². The molecule has 0 aliphatic heterocycles. The molecule has 0 saturated heterocycles. The van der Waals surface area contributed by atoms with Crippen molar-refractivity contribution in [2.24, 2.45) is 5.41 Å². The van der Waals surface area contributed by atoms with Crippen LogP contribution in [0.5, 0.6) is 0 Å². The average Bonchev–Trinajstić information content (AvgIpc) is 2.21. The van der Waals surface area contributed by atoms with Crippen molar-refractivity contribution in [3.8, 4) is 0 Å². The SMILES string of the molecule is CCOC(=O)CCC(=O)COCCC(C)(C)C.